The van der Waals surface area contributed by atoms with Gasteiger partial charge in [-0.15, -0.1) is 6.42 Å². The SMILES string of the molecule is C#C[C@H]1O[C@@H](n2cnc3c(Nc4ccc(F)cc4C)ncnc32)[C@@H](O)[C@H]1O. The monoisotopic (exact) mass is 369 g/mol. The molecule has 1 saturated heterocycles. The summed E-state index contributed by atoms with van der Waals surface area (Å²) in [7, 11) is 0. The molecule has 138 valence electrons. The standard InChI is InChI=1S/C18H16FN5O3/c1-3-12-14(25)15(26)18(27-12)24-8-22-13-16(20-7-21-17(13)24)23-11-5-4-10(19)6-9(11)2/h1,4-8,12,14-15,18,25-26H,2H3,(H,20,21,23)/t12-,14+,15+,18-/m1/s1. The molecular weight excluding hydrogens is 353 g/mol. The Morgan fingerprint density at radius 2 is 2.07 bits per heavy atom. The van der Waals surface area contributed by atoms with Gasteiger partial charge in [-0.05, 0) is 30.7 Å². The van der Waals surface area contributed by atoms with Crippen LogP contribution in [0.1, 0.15) is 11.8 Å². The molecule has 1 aromatic carbocycles. The Morgan fingerprint density at radius 1 is 1.26 bits per heavy atom. The van der Waals surface area contributed by atoms with E-state index in [0.717, 1.165) is 0 Å². The van der Waals surface area contributed by atoms with E-state index in [9.17, 15) is 14.6 Å². The number of imidazole rings is 1. The van der Waals surface area contributed by atoms with E-state index in [2.05, 4.69) is 26.2 Å². The molecule has 0 spiro atoms. The maximum Gasteiger partial charge on any atom is 0.167 e. The van der Waals surface area contributed by atoms with Gasteiger partial charge in [0, 0.05) is 5.69 Å². The van der Waals surface area contributed by atoms with Crippen molar-refractivity contribution in [2.24, 2.45) is 0 Å². The molecule has 9 heteroatoms. The van der Waals surface area contributed by atoms with Gasteiger partial charge in [-0.1, -0.05) is 5.92 Å². The Labute approximate surface area is 153 Å². The Bertz CT molecular complexity index is 1050. The Morgan fingerprint density at radius 3 is 2.78 bits per heavy atom. The normalized spacial score (nSPS) is 24.9. The maximum atomic E-state index is 13.3. The number of ether oxygens (including phenoxy) is 1. The number of anilines is 2. The molecule has 8 nitrogen and oxygen atoms in total. The number of nitrogens with one attached hydrogen (secondary N) is 1. The van der Waals surface area contributed by atoms with Crippen LogP contribution in [0, 0.1) is 25.1 Å². The van der Waals surface area contributed by atoms with Crippen LogP contribution >= 0.6 is 0 Å². The Hall–Kier alpha value is -3.06. The molecule has 0 amide bonds. The number of terminal acetylenes is 1. The summed E-state index contributed by atoms with van der Waals surface area (Å²) in [5, 5.41) is 23.3. The molecule has 1 aliphatic rings. The second kappa shape index (κ2) is 6.59. The number of aliphatic hydroxyl groups is 2. The molecule has 0 bridgehead atoms. The fourth-order valence-electron chi connectivity index (χ4n) is 3.05. The predicted molar refractivity (Wildman–Crippen MR) is 94.5 cm³/mol. The van der Waals surface area contributed by atoms with E-state index >= 15 is 0 Å². The molecule has 0 aliphatic carbocycles. The van der Waals surface area contributed by atoms with Crippen molar-refractivity contribution in [2.75, 3.05) is 5.32 Å². The second-order valence-electron chi connectivity index (χ2n) is 6.23. The number of nitrogens with zero attached hydrogens (tertiary/aromatic N) is 4. The van der Waals surface area contributed by atoms with E-state index in [4.69, 9.17) is 11.2 Å². The highest BCUT2D eigenvalue weighted by atomic mass is 19.1. The van der Waals surface area contributed by atoms with Gasteiger partial charge in [-0.3, -0.25) is 4.57 Å². The van der Waals surface area contributed by atoms with Gasteiger partial charge in [-0.2, -0.15) is 0 Å². The van der Waals surface area contributed by atoms with Crippen molar-refractivity contribution in [3.05, 3.63) is 42.2 Å². The van der Waals surface area contributed by atoms with Crippen molar-refractivity contribution in [3.63, 3.8) is 0 Å². The number of halogens is 1. The summed E-state index contributed by atoms with van der Waals surface area (Å²) in [5.41, 5.74) is 2.19. The maximum absolute atomic E-state index is 13.3. The largest absolute Gasteiger partial charge is 0.386 e. The molecular formula is C18H16FN5O3. The molecule has 27 heavy (non-hydrogen) atoms. The molecule has 3 N–H and O–H groups in total. The van der Waals surface area contributed by atoms with Gasteiger partial charge in [-0.25, -0.2) is 19.3 Å². The highest BCUT2D eigenvalue weighted by molar-refractivity contribution is 5.85. The summed E-state index contributed by atoms with van der Waals surface area (Å²) >= 11 is 0. The molecule has 3 heterocycles. The van der Waals surface area contributed by atoms with Crippen molar-refractivity contribution < 1.29 is 19.3 Å². The Balaban J connectivity index is 1.71. The van der Waals surface area contributed by atoms with Crippen LogP contribution < -0.4 is 5.32 Å². The third-order valence-corrected chi connectivity index (χ3v) is 4.48. The fourth-order valence-corrected chi connectivity index (χ4v) is 3.05. The van der Waals surface area contributed by atoms with Crippen molar-refractivity contribution in [3.8, 4) is 12.3 Å². The first-order valence-electron chi connectivity index (χ1n) is 8.18. The quantitative estimate of drug-likeness (QED) is 0.597. The first-order valence-corrected chi connectivity index (χ1v) is 8.18. The average Bonchev–Trinajstić information content (AvgIpc) is 3.20. The van der Waals surface area contributed by atoms with Gasteiger partial charge in [0.05, 0.1) is 6.33 Å². The first kappa shape index (κ1) is 17.4. The van der Waals surface area contributed by atoms with Crippen molar-refractivity contribution in [1.82, 2.24) is 19.5 Å². The van der Waals surface area contributed by atoms with E-state index in [0.29, 0.717) is 28.2 Å². The predicted octanol–water partition coefficient (Wildman–Crippen LogP) is 1.27. The fraction of sp³-hybridized carbons (Fsp3) is 0.278. The molecule has 1 aliphatic heterocycles. The Kier molecular flexibility index (Phi) is 4.24. The molecule has 4 rings (SSSR count). The van der Waals surface area contributed by atoms with Gasteiger partial charge >= 0.3 is 0 Å². The number of benzene rings is 1. The lowest BCUT2D eigenvalue weighted by Gasteiger charge is -2.16. The third-order valence-electron chi connectivity index (χ3n) is 4.48. The zero-order valence-corrected chi connectivity index (χ0v) is 14.2. The molecule has 0 radical (unpaired) electrons. The topological polar surface area (TPSA) is 105 Å². The number of aliphatic hydroxyl groups excluding tert-OH is 2. The van der Waals surface area contributed by atoms with E-state index < -0.39 is 24.5 Å². The van der Waals surface area contributed by atoms with Crippen LogP contribution in [0.2, 0.25) is 0 Å². The first-order chi connectivity index (χ1) is 13.0. The highest BCUT2D eigenvalue weighted by Crippen LogP contribution is 2.32. The number of fused-ring (bicyclic) bond motifs is 1. The lowest BCUT2D eigenvalue weighted by molar-refractivity contribution is -0.0230. The lowest BCUT2D eigenvalue weighted by Crippen LogP contribution is -2.30. The van der Waals surface area contributed by atoms with Gasteiger partial charge in [0.15, 0.2) is 23.2 Å². The van der Waals surface area contributed by atoms with Crippen LogP contribution in [0.4, 0.5) is 15.9 Å². The summed E-state index contributed by atoms with van der Waals surface area (Å²) in [6.45, 7) is 1.77. The van der Waals surface area contributed by atoms with E-state index in [-0.39, 0.29) is 5.82 Å². The van der Waals surface area contributed by atoms with Crippen LogP contribution in [-0.4, -0.2) is 48.0 Å². The third kappa shape index (κ3) is 2.90. The number of aromatic nitrogens is 4. The minimum Gasteiger partial charge on any atom is -0.386 e. The van der Waals surface area contributed by atoms with Crippen LogP contribution in [-0.2, 0) is 4.74 Å². The number of hydrogen-bond donors (Lipinski definition) is 3. The smallest absolute Gasteiger partial charge is 0.167 e. The van der Waals surface area contributed by atoms with Gasteiger partial charge in [0.25, 0.3) is 0 Å². The minimum atomic E-state index is -1.23. The zero-order valence-electron chi connectivity index (χ0n) is 14.2. The molecule has 0 unspecified atom stereocenters. The van der Waals surface area contributed by atoms with Crippen LogP contribution in [0.5, 0.6) is 0 Å². The average molecular weight is 369 g/mol. The summed E-state index contributed by atoms with van der Waals surface area (Å²) in [6.07, 6.45) is 3.79. The molecule has 1 fully saturated rings. The van der Waals surface area contributed by atoms with Gasteiger partial charge < -0.3 is 20.3 Å². The number of rotatable bonds is 3. The van der Waals surface area contributed by atoms with Crippen molar-refractivity contribution in [2.45, 2.75) is 31.5 Å². The van der Waals surface area contributed by atoms with Gasteiger partial charge in [0.1, 0.15) is 30.5 Å². The summed E-state index contributed by atoms with van der Waals surface area (Å²) in [6, 6.07) is 4.35. The van der Waals surface area contributed by atoms with Crippen LogP contribution in [0.25, 0.3) is 11.2 Å². The van der Waals surface area contributed by atoms with E-state index in [1.165, 1.54) is 29.4 Å². The summed E-state index contributed by atoms with van der Waals surface area (Å²) < 4.78 is 20.3. The van der Waals surface area contributed by atoms with Crippen LogP contribution in [0.15, 0.2) is 30.9 Å². The molecule has 3 aromatic rings. The van der Waals surface area contributed by atoms with Crippen molar-refractivity contribution in [1.29, 1.82) is 0 Å². The van der Waals surface area contributed by atoms with E-state index in [1.807, 2.05) is 0 Å². The molecule has 4 atom stereocenters. The highest BCUT2D eigenvalue weighted by Gasteiger charge is 2.43. The summed E-state index contributed by atoms with van der Waals surface area (Å²) in [5.74, 6) is 2.38. The van der Waals surface area contributed by atoms with Gasteiger partial charge in [0.2, 0.25) is 0 Å². The zero-order chi connectivity index (χ0) is 19.1. The lowest BCUT2D eigenvalue weighted by atomic mass is 10.1. The number of hydrogen-bond acceptors (Lipinski definition) is 7. The minimum absolute atomic E-state index is 0.329. The van der Waals surface area contributed by atoms with Crippen molar-refractivity contribution >= 4 is 22.7 Å². The molecule has 2 aromatic heterocycles. The summed E-state index contributed by atoms with van der Waals surface area (Å²) in [4.78, 5) is 12.7. The van der Waals surface area contributed by atoms with E-state index in [1.54, 1.807) is 13.0 Å². The van der Waals surface area contributed by atoms with Crippen LogP contribution in [0.3, 0.4) is 0 Å². The second-order valence-corrected chi connectivity index (χ2v) is 6.23. The molecule has 0 saturated carbocycles. The number of aryl methyl sites for hydroxylation is 1.